The van der Waals surface area contributed by atoms with Crippen molar-refractivity contribution in [2.24, 2.45) is 10.8 Å². The fraction of sp³-hybridized carbons (Fsp3) is 0.700. The van der Waals surface area contributed by atoms with Gasteiger partial charge in [-0.25, -0.2) is 4.98 Å². The van der Waals surface area contributed by atoms with E-state index >= 15 is 0 Å². The van der Waals surface area contributed by atoms with Crippen LogP contribution in [0, 0.1) is 10.8 Å². The van der Waals surface area contributed by atoms with E-state index < -0.39 is 0 Å². The van der Waals surface area contributed by atoms with Gasteiger partial charge in [0.25, 0.3) is 0 Å². The average Bonchev–Trinajstić information content (AvgIpc) is 2.99. The lowest BCUT2D eigenvalue weighted by molar-refractivity contribution is 0.136. The Bertz CT molecular complexity index is 858. The number of hydrogen-bond donors (Lipinski definition) is 0. The molecule has 3 aliphatic rings. The Kier molecular flexibility index (Phi) is 3.47. The molecule has 0 N–H and O–H groups in total. The summed E-state index contributed by atoms with van der Waals surface area (Å²) in [5, 5.41) is 1.73. The van der Waals surface area contributed by atoms with Gasteiger partial charge in [-0.3, -0.25) is 0 Å². The van der Waals surface area contributed by atoms with E-state index in [0.29, 0.717) is 22.2 Å². The molecular weight excluding hydrogens is 350 g/mol. The zero-order valence-electron chi connectivity index (χ0n) is 15.4. The van der Waals surface area contributed by atoms with Gasteiger partial charge in [0.15, 0.2) is 0 Å². The third-order valence-electron chi connectivity index (χ3n) is 6.46. The number of hydrogen-bond acceptors (Lipinski definition) is 4. The molecular formula is C20H26ClN3S. The second-order valence-electron chi connectivity index (χ2n) is 9.55. The molecule has 5 heteroatoms. The van der Waals surface area contributed by atoms with Crippen LogP contribution in [0.15, 0.2) is 0 Å². The molecule has 2 aromatic heterocycles. The van der Waals surface area contributed by atoms with Crippen LogP contribution in [-0.4, -0.2) is 22.6 Å². The third kappa shape index (κ3) is 2.59. The molecule has 3 heterocycles. The maximum atomic E-state index is 6.36. The number of aryl methyl sites for hydroxylation is 2. The van der Waals surface area contributed by atoms with E-state index in [2.05, 4.69) is 30.7 Å². The summed E-state index contributed by atoms with van der Waals surface area (Å²) in [6.45, 7) is 8.42. The van der Waals surface area contributed by atoms with Crippen LogP contribution in [0.2, 0.25) is 5.28 Å². The van der Waals surface area contributed by atoms with Crippen molar-refractivity contribution in [1.82, 2.24) is 9.97 Å². The first-order valence-electron chi connectivity index (χ1n) is 9.58. The highest BCUT2D eigenvalue weighted by Gasteiger charge is 2.50. The summed E-state index contributed by atoms with van der Waals surface area (Å²) in [6, 6.07) is 0.585. The highest BCUT2D eigenvalue weighted by atomic mass is 35.5. The summed E-state index contributed by atoms with van der Waals surface area (Å²) in [6.07, 6.45) is 8.79. The monoisotopic (exact) mass is 375 g/mol. The predicted molar refractivity (Wildman–Crippen MR) is 106 cm³/mol. The number of nitrogens with zero attached hydrogens (tertiary/aromatic N) is 3. The Balaban J connectivity index is 1.67. The fourth-order valence-electron chi connectivity index (χ4n) is 6.03. The van der Waals surface area contributed by atoms with Crippen molar-refractivity contribution < 1.29 is 0 Å². The van der Waals surface area contributed by atoms with Crippen LogP contribution in [0.3, 0.4) is 0 Å². The van der Waals surface area contributed by atoms with Crippen molar-refractivity contribution in [2.75, 3.05) is 11.4 Å². The molecule has 5 rings (SSSR count). The zero-order chi connectivity index (χ0) is 17.4. The van der Waals surface area contributed by atoms with Crippen LogP contribution in [0.5, 0.6) is 0 Å². The molecule has 2 aromatic rings. The van der Waals surface area contributed by atoms with E-state index in [1.54, 1.807) is 0 Å². The lowest BCUT2D eigenvalue weighted by atomic mass is 9.65. The van der Waals surface area contributed by atoms with Crippen LogP contribution >= 0.6 is 22.9 Å². The minimum absolute atomic E-state index is 0.395. The van der Waals surface area contributed by atoms with Gasteiger partial charge in [-0.05, 0) is 72.9 Å². The van der Waals surface area contributed by atoms with Gasteiger partial charge in [0.05, 0.1) is 5.39 Å². The summed E-state index contributed by atoms with van der Waals surface area (Å²) in [5.74, 6) is 1.13. The van der Waals surface area contributed by atoms with Gasteiger partial charge in [0.1, 0.15) is 10.6 Å². The summed E-state index contributed by atoms with van der Waals surface area (Å²) >= 11 is 8.21. The Morgan fingerprint density at radius 2 is 1.92 bits per heavy atom. The van der Waals surface area contributed by atoms with Gasteiger partial charge in [-0.1, -0.05) is 20.8 Å². The van der Waals surface area contributed by atoms with Crippen LogP contribution in [0.1, 0.15) is 63.3 Å². The molecule has 1 aliphatic heterocycles. The van der Waals surface area contributed by atoms with Crippen LogP contribution in [-0.2, 0) is 12.8 Å². The van der Waals surface area contributed by atoms with Gasteiger partial charge < -0.3 is 4.90 Å². The molecule has 2 aliphatic carbocycles. The number of thiophene rings is 1. The Hall–Kier alpha value is -0.870. The summed E-state index contributed by atoms with van der Waals surface area (Å²) in [5.41, 5.74) is 2.33. The van der Waals surface area contributed by atoms with Crippen molar-refractivity contribution in [1.29, 1.82) is 0 Å². The van der Waals surface area contributed by atoms with Gasteiger partial charge in [0, 0.05) is 17.5 Å². The van der Waals surface area contributed by atoms with E-state index in [-0.39, 0.29) is 0 Å². The number of aromatic nitrogens is 2. The molecule has 25 heavy (non-hydrogen) atoms. The van der Waals surface area contributed by atoms with Crippen LogP contribution < -0.4 is 4.90 Å². The van der Waals surface area contributed by atoms with E-state index in [0.717, 1.165) is 17.2 Å². The van der Waals surface area contributed by atoms with Crippen molar-refractivity contribution in [3.05, 3.63) is 15.7 Å². The SMILES string of the molecule is CC1(C)CC2CC(C)(CN2c2nc(Cl)nc3sc4c(c23)CCCC4)C1. The average molecular weight is 376 g/mol. The van der Waals surface area contributed by atoms with E-state index in [1.165, 1.54) is 60.8 Å². The minimum atomic E-state index is 0.395. The second kappa shape index (κ2) is 5.32. The van der Waals surface area contributed by atoms with Gasteiger partial charge in [-0.15, -0.1) is 11.3 Å². The molecule has 1 saturated heterocycles. The Morgan fingerprint density at radius 3 is 2.76 bits per heavy atom. The fourth-order valence-corrected chi connectivity index (χ4v) is 7.50. The maximum Gasteiger partial charge on any atom is 0.225 e. The van der Waals surface area contributed by atoms with Crippen LogP contribution in [0.4, 0.5) is 5.82 Å². The standard InChI is InChI=1S/C20H26ClN3S/c1-19(2)8-12-9-20(3,10-19)11-24(12)16-15-13-6-4-5-7-14(13)25-17(15)23-18(21)22-16/h12H,4-11H2,1-3H3. The first kappa shape index (κ1) is 16.3. The highest BCUT2D eigenvalue weighted by molar-refractivity contribution is 7.19. The smallest absolute Gasteiger partial charge is 0.225 e. The molecule has 2 unspecified atom stereocenters. The van der Waals surface area contributed by atoms with Crippen molar-refractivity contribution >= 4 is 39.0 Å². The molecule has 1 saturated carbocycles. The topological polar surface area (TPSA) is 29.0 Å². The van der Waals surface area contributed by atoms with Crippen LogP contribution in [0.25, 0.3) is 10.2 Å². The molecule has 134 valence electrons. The van der Waals surface area contributed by atoms with Gasteiger partial charge in [0.2, 0.25) is 5.28 Å². The van der Waals surface area contributed by atoms with Crippen molar-refractivity contribution in [3.8, 4) is 0 Å². The molecule has 0 radical (unpaired) electrons. The molecule has 0 amide bonds. The highest BCUT2D eigenvalue weighted by Crippen LogP contribution is 2.54. The molecule has 0 aromatic carbocycles. The van der Waals surface area contributed by atoms with Gasteiger partial charge >= 0.3 is 0 Å². The van der Waals surface area contributed by atoms with E-state index in [4.69, 9.17) is 16.6 Å². The van der Waals surface area contributed by atoms with Gasteiger partial charge in [-0.2, -0.15) is 4.98 Å². The predicted octanol–water partition coefficient (Wildman–Crippen LogP) is 5.63. The lowest BCUT2D eigenvalue weighted by Crippen LogP contribution is -2.35. The normalized spacial score (nSPS) is 30.7. The largest absolute Gasteiger partial charge is 0.352 e. The molecule has 2 atom stereocenters. The summed E-state index contributed by atoms with van der Waals surface area (Å²) in [4.78, 5) is 14.6. The van der Waals surface area contributed by atoms with E-state index in [9.17, 15) is 0 Å². The number of rotatable bonds is 1. The lowest BCUT2D eigenvalue weighted by Gasteiger charge is -2.39. The second-order valence-corrected chi connectivity index (χ2v) is 11.0. The summed E-state index contributed by atoms with van der Waals surface area (Å²) < 4.78 is 0. The number of anilines is 1. The molecule has 3 nitrogen and oxygen atoms in total. The molecule has 0 spiro atoms. The molecule has 2 bridgehead atoms. The number of fused-ring (bicyclic) bond motifs is 5. The first-order chi connectivity index (χ1) is 11.8. The zero-order valence-corrected chi connectivity index (χ0v) is 16.9. The third-order valence-corrected chi connectivity index (χ3v) is 7.81. The minimum Gasteiger partial charge on any atom is -0.352 e. The quantitative estimate of drug-likeness (QED) is 0.605. The summed E-state index contributed by atoms with van der Waals surface area (Å²) in [7, 11) is 0. The van der Waals surface area contributed by atoms with Crippen molar-refractivity contribution in [3.63, 3.8) is 0 Å². The Labute approximate surface area is 158 Å². The van der Waals surface area contributed by atoms with E-state index in [1.807, 2.05) is 11.3 Å². The number of halogens is 1. The molecule has 2 fully saturated rings. The maximum absolute atomic E-state index is 6.36. The Morgan fingerprint density at radius 1 is 1.12 bits per heavy atom. The van der Waals surface area contributed by atoms with Crippen molar-refractivity contribution in [2.45, 2.75) is 71.8 Å². The first-order valence-corrected chi connectivity index (χ1v) is 10.8.